The van der Waals surface area contributed by atoms with Gasteiger partial charge in [-0.15, -0.1) is 0 Å². The Morgan fingerprint density at radius 2 is 1.76 bits per heavy atom. The minimum atomic E-state index is -3.44. The van der Waals surface area contributed by atoms with Crippen molar-refractivity contribution in [2.45, 2.75) is 12.3 Å². The summed E-state index contributed by atoms with van der Waals surface area (Å²) in [5, 5.41) is 0.574. The van der Waals surface area contributed by atoms with Crippen LogP contribution < -0.4 is 4.72 Å². The summed E-state index contributed by atoms with van der Waals surface area (Å²) in [5.74, 6) is 0.997. The van der Waals surface area contributed by atoms with Crippen molar-refractivity contribution in [3.05, 3.63) is 65.7 Å². The van der Waals surface area contributed by atoms with Gasteiger partial charge in [0.1, 0.15) is 0 Å². The smallest absolute Gasteiger partial charge is 0.215 e. The summed E-state index contributed by atoms with van der Waals surface area (Å²) in [4.78, 5) is 12.5. The van der Waals surface area contributed by atoms with Crippen LogP contribution in [0.25, 0.3) is 11.6 Å². The van der Waals surface area contributed by atoms with Crippen molar-refractivity contribution in [2.24, 2.45) is 0 Å². The summed E-state index contributed by atoms with van der Waals surface area (Å²) in [5.41, 5.74) is 0.679. The van der Waals surface area contributed by atoms with Crippen LogP contribution in [0, 0.1) is 0 Å². The second-order valence-electron chi connectivity index (χ2n) is 5.30. The summed E-state index contributed by atoms with van der Waals surface area (Å²) < 4.78 is 28.7. The third-order valence-corrected chi connectivity index (χ3v) is 5.04. The van der Waals surface area contributed by atoms with E-state index in [1.165, 1.54) is 0 Å². The van der Waals surface area contributed by atoms with Crippen LogP contribution >= 0.6 is 11.6 Å². The van der Waals surface area contributed by atoms with Gasteiger partial charge in [0.05, 0.1) is 5.75 Å². The van der Waals surface area contributed by atoms with E-state index < -0.39 is 10.0 Å². The van der Waals surface area contributed by atoms with Gasteiger partial charge >= 0.3 is 0 Å². The van der Waals surface area contributed by atoms with Crippen LogP contribution in [0.2, 0.25) is 5.02 Å². The van der Waals surface area contributed by atoms with E-state index in [-0.39, 0.29) is 12.3 Å². The quantitative estimate of drug-likeness (QED) is 0.681. The van der Waals surface area contributed by atoms with E-state index in [4.69, 9.17) is 11.6 Å². The minimum absolute atomic E-state index is 0.0945. The molecule has 2 heterocycles. The van der Waals surface area contributed by atoms with Crippen molar-refractivity contribution in [1.82, 2.24) is 24.2 Å². The molecular formula is C16H16ClN5O2S. The number of sulfonamides is 1. The summed E-state index contributed by atoms with van der Waals surface area (Å²) in [6, 6.07) is 8.46. The van der Waals surface area contributed by atoms with Gasteiger partial charge in [0.2, 0.25) is 10.0 Å². The Labute approximate surface area is 150 Å². The molecule has 0 amide bonds. The van der Waals surface area contributed by atoms with Gasteiger partial charge < -0.3 is 4.57 Å². The minimum Gasteiger partial charge on any atom is -0.327 e. The summed E-state index contributed by atoms with van der Waals surface area (Å²) in [6.07, 6.45) is 6.67. The fourth-order valence-electron chi connectivity index (χ4n) is 2.28. The number of rotatable bonds is 7. The van der Waals surface area contributed by atoms with Crippen molar-refractivity contribution < 1.29 is 8.42 Å². The fraction of sp³-hybridized carbons (Fsp3) is 0.188. The van der Waals surface area contributed by atoms with E-state index in [1.54, 1.807) is 59.7 Å². The first kappa shape index (κ1) is 17.5. The molecule has 7 nitrogen and oxygen atoms in total. The van der Waals surface area contributed by atoms with E-state index in [1.807, 2.05) is 0 Å². The van der Waals surface area contributed by atoms with Crippen LogP contribution in [0.1, 0.15) is 5.56 Å². The lowest BCUT2D eigenvalue weighted by atomic mass is 10.2. The Bertz CT molecular complexity index is 927. The van der Waals surface area contributed by atoms with Crippen molar-refractivity contribution in [3.8, 4) is 11.6 Å². The van der Waals surface area contributed by atoms with Gasteiger partial charge in [0.15, 0.2) is 11.6 Å². The van der Waals surface area contributed by atoms with Crippen molar-refractivity contribution in [2.75, 3.05) is 6.54 Å². The Morgan fingerprint density at radius 3 is 2.48 bits per heavy atom. The van der Waals surface area contributed by atoms with Crippen LogP contribution in [0.15, 0.2) is 55.1 Å². The number of benzene rings is 1. The van der Waals surface area contributed by atoms with Gasteiger partial charge in [-0.05, 0) is 23.8 Å². The molecular weight excluding hydrogens is 362 g/mol. The Morgan fingerprint density at radius 1 is 1.04 bits per heavy atom. The van der Waals surface area contributed by atoms with Crippen molar-refractivity contribution in [3.63, 3.8) is 0 Å². The van der Waals surface area contributed by atoms with E-state index in [2.05, 4.69) is 19.7 Å². The highest BCUT2D eigenvalue weighted by atomic mass is 35.5. The SMILES string of the molecule is O=S(=O)(Cc1ccc(Cl)cc1)NCCn1ccnc1-c1ncccn1. The van der Waals surface area contributed by atoms with Gasteiger partial charge in [-0.25, -0.2) is 28.1 Å². The number of halogens is 1. The normalized spacial score (nSPS) is 11.6. The van der Waals surface area contributed by atoms with Crippen LogP contribution in [0.4, 0.5) is 0 Å². The second-order valence-corrected chi connectivity index (χ2v) is 7.54. The molecule has 0 bridgehead atoms. The lowest BCUT2D eigenvalue weighted by Gasteiger charge is -2.09. The predicted octanol–water partition coefficient (Wildman–Crippen LogP) is 2.11. The van der Waals surface area contributed by atoms with Gasteiger partial charge in [-0.3, -0.25) is 0 Å². The monoisotopic (exact) mass is 377 g/mol. The molecule has 1 aromatic carbocycles. The molecule has 0 aliphatic carbocycles. The molecule has 130 valence electrons. The van der Waals surface area contributed by atoms with Gasteiger partial charge in [0, 0.05) is 42.9 Å². The maximum atomic E-state index is 12.2. The molecule has 0 atom stereocenters. The first-order valence-corrected chi connectivity index (χ1v) is 9.57. The Balaban J connectivity index is 1.60. The molecule has 1 N–H and O–H groups in total. The highest BCUT2D eigenvalue weighted by molar-refractivity contribution is 7.88. The average Bonchev–Trinajstić information content (AvgIpc) is 3.06. The maximum Gasteiger partial charge on any atom is 0.215 e. The molecule has 2 aromatic heterocycles. The van der Waals surface area contributed by atoms with Crippen LogP contribution in [0.5, 0.6) is 0 Å². The number of nitrogens with one attached hydrogen (secondary N) is 1. The molecule has 0 unspecified atom stereocenters. The molecule has 3 aromatic rings. The molecule has 0 aliphatic rings. The number of imidazole rings is 1. The molecule has 9 heteroatoms. The fourth-order valence-corrected chi connectivity index (χ4v) is 3.54. The predicted molar refractivity (Wildman–Crippen MR) is 95.3 cm³/mol. The number of nitrogens with zero attached hydrogens (tertiary/aromatic N) is 4. The molecule has 3 rings (SSSR count). The molecule has 0 radical (unpaired) electrons. The van der Waals surface area contributed by atoms with E-state index in [0.717, 1.165) is 0 Å². The first-order valence-electron chi connectivity index (χ1n) is 7.54. The zero-order valence-electron chi connectivity index (χ0n) is 13.2. The summed E-state index contributed by atoms with van der Waals surface area (Å²) in [7, 11) is -3.44. The van der Waals surface area contributed by atoms with Crippen LogP contribution in [-0.4, -0.2) is 34.5 Å². The maximum absolute atomic E-state index is 12.2. The van der Waals surface area contributed by atoms with Crippen molar-refractivity contribution in [1.29, 1.82) is 0 Å². The van der Waals surface area contributed by atoms with E-state index in [0.29, 0.717) is 28.8 Å². The largest absolute Gasteiger partial charge is 0.327 e. The van der Waals surface area contributed by atoms with E-state index >= 15 is 0 Å². The van der Waals surface area contributed by atoms with E-state index in [9.17, 15) is 8.42 Å². The lowest BCUT2D eigenvalue weighted by molar-refractivity contribution is 0.572. The van der Waals surface area contributed by atoms with Gasteiger partial charge in [-0.2, -0.15) is 0 Å². The average molecular weight is 378 g/mol. The van der Waals surface area contributed by atoms with Crippen LogP contribution in [0.3, 0.4) is 0 Å². The summed E-state index contributed by atoms with van der Waals surface area (Å²) >= 11 is 5.80. The lowest BCUT2D eigenvalue weighted by Crippen LogP contribution is -2.28. The molecule has 25 heavy (non-hydrogen) atoms. The second kappa shape index (κ2) is 7.73. The molecule has 0 saturated carbocycles. The zero-order chi connectivity index (χ0) is 17.7. The standard InChI is InChI=1S/C16H16ClN5O2S/c17-14-4-2-13(3-5-14)12-25(23,24)21-9-11-22-10-8-20-16(22)15-18-6-1-7-19-15/h1-8,10,21H,9,11-12H2. The van der Waals surface area contributed by atoms with Crippen molar-refractivity contribution >= 4 is 21.6 Å². The third kappa shape index (κ3) is 4.85. The highest BCUT2D eigenvalue weighted by Crippen LogP contribution is 2.12. The zero-order valence-corrected chi connectivity index (χ0v) is 14.8. The van der Waals surface area contributed by atoms with Gasteiger partial charge in [-0.1, -0.05) is 23.7 Å². The molecule has 0 fully saturated rings. The third-order valence-electron chi connectivity index (χ3n) is 3.43. The molecule has 0 spiro atoms. The topological polar surface area (TPSA) is 89.8 Å². The number of aromatic nitrogens is 4. The van der Waals surface area contributed by atoms with Gasteiger partial charge in [0.25, 0.3) is 0 Å². The summed E-state index contributed by atoms with van der Waals surface area (Å²) in [6.45, 7) is 0.666. The number of hydrogen-bond donors (Lipinski definition) is 1. The van der Waals surface area contributed by atoms with Crippen LogP contribution in [-0.2, 0) is 22.3 Å². The Hall–Kier alpha value is -2.29. The Kier molecular flexibility index (Phi) is 5.42. The highest BCUT2D eigenvalue weighted by Gasteiger charge is 2.12. The first-order chi connectivity index (χ1) is 12.0. The number of hydrogen-bond acceptors (Lipinski definition) is 5. The molecule has 0 saturated heterocycles. The molecule has 0 aliphatic heterocycles.